The summed E-state index contributed by atoms with van der Waals surface area (Å²) in [7, 11) is 0. The van der Waals surface area contributed by atoms with Crippen LogP contribution in [0.5, 0.6) is 0 Å². The lowest BCUT2D eigenvalue weighted by atomic mass is 10.00. The van der Waals surface area contributed by atoms with Crippen LogP contribution < -0.4 is 16.0 Å². The van der Waals surface area contributed by atoms with Crippen molar-refractivity contribution in [3.8, 4) is 0 Å². The van der Waals surface area contributed by atoms with Gasteiger partial charge in [0.1, 0.15) is 0 Å². The highest BCUT2D eigenvalue weighted by Crippen LogP contribution is 2.38. The van der Waals surface area contributed by atoms with Crippen molar-refractivity contribution in [3.63, 3.8) is 0 Å². The zero-order valence-corrected chi connectivity index (χ0v) is 18.7. The topological polar surface area (TPSA) is 73.5 Å². The maximum atomic E-state index is 13.0. The zero-order chi connectivity index (χ0) is 22.8. The van der Waals surface area contributed by atoms with Gasteiger partial charge in [0.05, 0.1) is 17.0 Å². The molecule has 2 aliphatic heterocycles. The lowest BCUT2D eigenvalue weighted by Crippen LogP contribution is -2.46. The van der Waals surface area contributed by atoms with Crippen LogP contribution in [0, 0.1) is 0 Å². The van der Waals surface area contributed by atoms with E-state index in [2.05, 4.69) is 16.0 Å². The number of carbonyl (C=O) groups excluding carboxylic acids is 2. The Bertz CT molecular complexity index is 1230. The van der Waals surface area contributed by atoms with Crippen molar-refractivity contribution in [2.45, 2.75) is 0 Å². The van der Waals surface area contributed by atoms with Crippen molar-refractivity contribution in [2.24, 2.45) is 0 Å². The van der Waals surface area contributed by atoms with Crippen molar-refractivity contribution < 1.29 is 9.59 Å². The Kier molecular flexibility index (Phi) is 5.86. The lowest BCUT2D eigenvalue weighted by Gasteiger charge is -2.27. The highest BCUT2D eigenvalue weighted by molar-refractivity contribution is 6.38. The molecular weight excluding hydrogens is 436 g/mol. The van der Waals surface area contributed by atoms with Crippen LogP contribution in [0.25, 0.3) is 11.3 Å². The molecule has 2 heterocycles. The van der Waals surface area contributed by atoms with Crippen LogP contribution in [-0.4, -0.2) is 42.9 Å². The highest BCUT2D eigenvalue weighted by atomic mass is 35.5. The molecule has 0 atom stereocenters. The fourth-order valence-electron chi connectivity index (χ4n) is 4.17. The Hall–Kier alpha value is -3.61. The third kappa shape index (κ3) is 4.35. The summed E-state index contributed by atoms with van der Waals surface area (Å²) in [5.41, 5.74) is 5.04. The fraction of sp³-hybridized carbons (Fsp3) is 0.154. The summed E-state index contributed by atoms with van der Waals surface area (Å²) < 4.78 is 0. The Morgan fingerprint density at radius 3 is 2.36 bits per heavy atom. The number of fused-ring (bicyclic) bond motifs is 1. The van der Waals surface area contributed by atoms with Crippen LogP contribution in [0.1, 0.15) is 21.5 Å². The van der Waals surface area contributed by atoms with Gasteiger partial charge in [-0.2, -0.15) is 0 Å². The molecule has 2 aliphatic rings. The second kappa shape index (κ2) is 9.10. The van der Waals surface area contributed by atoms with E-state index in [9.17, 15) is 9.59 Å². The minimum atomic E-state index is -0.191. The molecule has 2 amide bonds. The van der Waals surface area contributed by atoms with E-state index in [4.69, 9.17) is 11.6 Å². The number of rotatable bonds is 4. The second-order valence-corrected chi connectivity index (χ2v) is 8.44. The van der Waals surface area contributed by atoms with Crippen LogP contribution in [-0.2, 0) is 4.79 Å². The van der Waals surface area contributed by atoms with Crippen molar-refractivity contribution in [1.82, 2.24) is 10.2 Å². The minimum Gasteiger partial charge on any atom is -0.354 e. The lowest BCUT2D eigenvalue weighted by molar-refractivity contribution is -0.110. The van der Waals surface area contributed by atoms with E-state index < -0.39 is 0 Å². The van der Waals surface area contributed by atoms with Gasteiger partial charge in [0, 0.05) is 48.0 Å². The highest BCUT2D eigenvalue weighted by Gasteiger charge is 2.28. The summed E-state index contributed by atoms with van der Waals surface area (Å²) in [5, 5.41) is 10.2. The number of hydrogen-bond donors (Lipinski definition) is 3. The smallest absolute Gasteiger partial charge is 0.258 e. The normalized spacial score (nSPS) is 16.8. The van der Waals surface area contributed by atoms with Crippen LogP contribution in [0.15, 0.2) is 72.8 Å². The summed E-state index contributed by atoms with van der Waals surface area (Å²) in [6.07, 6.45) is 0. The quantitative estimate of drug-likeness (QED) is 0.509. The van der Waals surface area contributed by atoms with Crippen molar-refractivity contribution in [3.05, 3.63) is 94.5 Å². The Morgan fingerprint density at radius 2 is 1.64 bits per heavy atom. The number of halogens is 1. The molecule has 0 saturated carbocycles. The summed E-state index contributed by atoms with van der Waals surface area (Å²) >= 11 is 6.12. The van der Waals surface area contributed by atoms with E-state index in [-0.39, 0.29) is 11.8 Å². The molecule has 6 nitrogen and oxygen atoms in total. The van der Waals surface area contributed by atoms with Gasteiger partial charge in [0.2, 0.25) is 0 Å². The molecule has 5 rings (SSSR count). The Balaban J connectivity index is 1.49. The summed E-state index contributed by atoms with van der Waals surface area (Å²) in [6, 6.07) is 22.5. The van der Waals surface area contributed by atoms with Gasteiger partial charge < -0.3 is 20.9 Å². The van der Waals surface area contributed by atoms with Crippen LogP contribution in [0.3, 0.4) is 0 Å². The van der Waals surface area contributed by atoms with Gasteiger partial charge in [-0.1, -0.05) is 48.0 Å². The standard InChI is InChI=1S/C26H23ClN4O2/c27-19-8-11-21-22(16-19)30-25(32)23(21)24(17-4-2-1-3-5-17)29-20-9-6-18(7-10-20)26(33)31-14-12-28-13-15-31/h1-11,16,28-29H,12-15H2,(H,30,32). The largest absolute Gasteiger partial charge is 0.354 e. The third-order valence-corrected chi connectivity index (χ3v) is 6.08. The first-order valence-corrected chi connectivity index (χ1v) is 11.3. The van der Waals surface area contributed by atoms with Crippen molar-refractivity contribution in [1.29, 1.82) is 0 Å². The summed E-state index contributed by atoms with van der Waals surface area (Å²) in [4.78, 5) is 27.6. The van der Waals surface area contributed by atoms with Crippen molar-refractivity contribution >= 4 is 46.1 Å². The molecule has 1 saturated heterocycles. The van der Waals surface area contributed by atoms with Gasteiger partial charge >= 0.3 is 0 Å². The van der Waals surface area contributed by atoms with Gasteiger partial charge in [-0.3, -0.25) is 9.59 Å². The molecule has 166 valence electrons. The molecule has 0 aromatic heterocycles. The molecule has 0 spiro atoms. The molecule has 3 aromatic rings. The third-order valence-electron chi connectivity index (χ3n) is 5.84. The molecule has 1 fully saturated rings. The van der Waals surface area contributed by atoms with E-state index in [1.807, 2.05) is 65.6 Å². The number of nitrogens with one attached hydrogen (secondary N) is 3. The minimum absolute atomic E-state index is 0.0330. The van der Waals surface area contributed by atoms with E-state index in [0.717, 1.165) is 29.9 Å². The average molecular weight is 459 g/mol. The van der Waals surface area contributed by atoms with Gasteiger partial charge in [-0.05, 0) is 42.0 Å². The molecule has 0 radical (unpaired) electrons. The Morgan fingerprint density at radius 1 is 0.909 bits per heavy atom. The number of benzene rings is 3. The summed E-state index contributed by atoms with van der Waals surface area (Å²) in [5.74, 6) is -0.158. The molecule has 0 bridgehead atoms. The molecular formula is C26H23ClN4O2. The molecule has 33 heavy (non-hydrogen) atoms. The van der Waals surface area contributed by atoms with Crippen LogP contribution in [0.2, 0.25) is 5.02 Å². The molecule has 0 unspecified atom stereocenters. The van der Waals surface area contributed by atoms with Crippen LogP contribution in [0.4, 0.5) is 11.4 Å². The molecule has 7 heteroatoms. The number of nitrogens with zero attached hydrogens (tertiary/aromatic N) is 1. The number of amides is 2. The maximum absolute atomic E-state index is 13.0. The van der Waals surface area contributed by atoms with E-state index in [0.29, 0.717) is 40.6 Å². The first-order chi connectivity index (χ1) is 16.1. The number of hydrogen-bond acceptors (Lipinski definition) is 4. The van der Waals surface area contributed by atoms with E-state index in [1.54, 1.807) is 12.1 Å². The predicted molar refractivity (Wildman–Crippen MR) is 132 cm³/mol. The molecule has 3 N–H and O–H groups in total. The van der Waals surface area contributed by atoms with E-state index in [1.165, 1.54) is 0 Å². The molecule has 0 aliphatic carbocycles. The number of carbonyl (C=O) groups is 2. The molecule has 3 aromatic carbocycles. The monoisotopic (exact) mass is 458 g/mol. The van der Waals surface area contributed by atoms with E-state index >= 15 is 0 Å². The van der Waals surface area contributed by atoms with Crippen molar-refractivity contribution in [2.75, 3.05) is 36.8 Å². The van der Waals surface area contributed by atoms with Gasteiger partial charge in [0.25, 0.3) is 11.8 Å². The maximum Gasteiger partial charge on any atom is 0.258 e. The SMILES string of the molecule is O=C1Nc2cc(Cl)ccc2C1=C(Nc1ccc(C(=O)N2CCNCC2)cc1)c1ccccc1. The first-order valence-electron chi connectivity index (χ1n) is 10.9. The fourth-order valence-corrected chi connectivity index (χ4v) is 4.34. The van der Waals surface area contributed by atoms with Gasteiger partial charge in [-0.15, -0.1) is 0 Å². The van der Waals surface area contributed by atoms with Gasteiger partial charge in [-0.25, -0.2) is 0 Å². The van der Waals surface area contributed by atoms with Crippen LogP contribution >= 0.6 is 11.6 Å². The first kappa shape index (κ1) is 21.2. The van der Waals surface area contributed by atoms with Gasteiger partial charge in [0.15, 0.2) is 0 Å². The second-order valence-electron chi connectivity index (χ2n) is 8.00. The number of anilines is 2. The summed E-state index contributed by atoms with van der Waals surface area (Å²) in [6.45, 7) is 3.05. The zero-order valence-electron chi connectivity index (χ0n) is 17.9. The number of piperazine rings is 1. The average Bonchev–Trinajstić information content (AvgIpc) is 3.18. The predicted octanol–water partition coefficient (Wildman–Crippen LogP) is 4.32. The Labute approximate surface area is 197 Å².